The highest BCUT2D eigenvalue weighted by molar-refractivity contribution is 7.26. The zero-order chi connectivity index (χ0) is 34.0. The first kappa shape index (κ1) is 28.8. The third-order valence-corrected chi connectivity index (χ3v) is 14.1. The summed E-state index contributed by atoms with van der Waals surface area (Å²) in [6.45, 7) is 0. The molecule has 2 aliphatic rings. The van der Waals surface area contributed by atoms with Gasteiger partial charge >= 0.3 is 0 Å². The number of rotatable bonds is 3. The molecule has 0 saturated heterocycles. The molecular formula is C50H30S2. The van der Waals surface area contributed by atoms with Gasteiger partial charge in [-0.3, -0.25) is 0 Å². The van der Waals surface area contributed by atoms with Crippen LogP contribution in [0.4, 0.5) is 0 Å². The van der Waals surface area contributed by atoms with Crippen molar-refractivity contribution in [2.45, 2.75) is 11.8 Å². The van der Waals surface area contributed by atoms with E-state index in [0.29, 0.717) is 0 Å². The maximum Gasteiger partial charge on any atom is 0.0725 e. The minimum absolute atomic E-state index is 0.363. The van der Waals surface area contributed by atoms with Crippen LogP contribution in [0.5, 0.6) is 0 Å². The predicted octanol–water partition coefficient (Wildman–Crippen LogP) is 14.0. The lowest BCUT2D eigenvalue weighted by molar-refractivity contribution is 0.794. The lowest BCUT2D eigenvalue weighted by atomic mass is 9.70. The molecule has 0 radical (unpaired) electrons. The van der Waals surface area contributed by atoms with Crippen molar-refractivity contribution in [3.63, 3.8) is 0 Å². The average molecular weight is 695 g/mol. The molecule has 2 heteroatoms. The molecule has 0 aliphatic heterocycles. The number of hydrogen-bond donors (Lipinski definition) is 0. The zero-order valence-corrected chi connectivity index (χ0v) is 29.8. The Morgan fingerprint density at radius 1 is 0.385 bits per heavy atom. The first-order valence-corrected chi connectivity index (χ1v) is 19.7. The summed E-state index contributed by atoms with van der Waals surface area (Å²) in [7, 11) is 0. The van der Waals surface area contributed by atoms with E-state index >= 15 is 0 Å². The fourth-order valence-electron chi connectivity index (χ4n) is 9.62. The smallest absolute Gasteiger partial charge is 0.0725 e. The molecule has 242 valence electrons. The van der Waals surface area contributed by atoms with Gasteiger partial charge in [0.2, 0.25) is 0 Å². The first-order chi connectivity index (χ1) is 25.8. The second-order valence-electron chi connectivity index (χ2n) is 14.3. The number of benzene rings is 8. The molecule has 12 rings (SSSR count). The topological polar surface area (TPSA) is 0 Å². The Morgan fingerprint density at radius 3 is 1.83 bits per heavy atom. The lowest BCUT2D eigenvalue weighted by Gasteiger charge is -2.30. The second kappa shape index (κ2) is 10.6. The van der Waals surface area contributed by atoms with Gasteiger partial charge in [-0.15, -0.1) is 22.7 Å². The van der Waals surface area contributed by atoms with Crippen molar-refractivity contribution in [1.82, 2.24) is 0 Å². The van der Waals surface area contributed by atoms with Gasteiger partial charge in [0.05, 0.1) is 5.41 Å². The van der Waals surface area contributed by atoms with Crippen LogP contribution in [0.1, 0.15) is 33.4 Å². The maximum absolute atomic E-state index is 2.54. The summed E-state index contributed by atoms with van der Waals surface area (Å²) in [5, 5.41) is 5.40. The Balaban J connectivity index is 1.02. The fourth-order valence-corrected chi connectivity index (χ4v) is 12.0. The number of thiophene rings is 2. The molecule has 1 unspecified atom stereocenters. The Hall–Kier alpha value is -5.80. The second-order valence-corrected chi connectivity index (χ2v) is 16.5. The Kier molecular flexibility index (Phi) is 5.89. The van der Waals surface area contributed by atoms with E-state index < -0.39 is 0 Å². The number of hydrogen-bond acceptors (Lipinski definition) is 2. The summed E-state index contributed by atoms with van der Waals surface area (Å²) in [5.74, 6) is 0. The van der Waals surface area contributed by atoms with E-state index in [9.17, 15) is 0 Å². The largest absolute Gasteiger partial charge is 0.135 e. The van der Waals surface area contributed by atoms with Gasteiger partial charge in [-0.05, 0) is 97.4 Å². The van der Waals surface area contributed by atoms with Gasteiger partial charge in [0.25, 0.3) is 0 Å². The summed E-state index contributed by atoms with van der Waals surface area (Å²) in [6.07, 6.45) is 0.879. The highest BCUT2D eigenvalue weighted by Crippen LogP contribution is 2.64. The monoisotopic (exact) mass is 694 g/mol. The van der Waals surface area contributed by atoms with Crippen molar-refractivity contribution in [2.24, 2.45) is 0 Å². The molecule has 0 N–H and O–H groups in total. The van der Waals surface area contributed by atoms with Gasteiger partial charge in [-0.2, -0.15) is 0 Å². The van der Waals surface area contributed by atoms with E-state index in [1.807, 2.05) is 22.7 Å². The van der Waals surface area contributed by atoms with Gasteiger partial charge in [0.1, 0.15) is 0 Å². The van der Waals surface area contributed by atoms with Crippen LogP contribution in [0.3, 0.4) is 0 Å². The van der Waals surface area contributed by atoms with E-state index in [1.54, 1.807) is 0 Å². The normalized spacial score (nSPS) is 15.5. The molecule has 0 nitrogen and oxygen atoms in total. The third-order valence-electron chi connectivity index (χ3n) is 11.8. The number of fused-ring (bicyclic) bond motifs is 16. The van der Waals surface area contributed by atoms with Gasteiger partial charge in [0, 0.05) is 40.3 Å². The van der Waals surface area contributed by atoms with Crippen LogP contribution in [0.15, 0.2) is 170 Å². The van der Waals surface area contributed by atoms with Gasteiger partial charge in [-0.1, -0.05) is 146 Å². The summed E-state index contributed by atoms with van der Waals surface area (Å²) in [5.41, 5.74) is 16.0. The SMILES string of the molecule is c1ccc2c(c1)-c1cc3sc4ccccc4c3cc1C21c2ccccc2-c2c(Cc3ccc(-c4cccc5c4sc4ccccc45)cc3)cccc21. The van der Waals surface area contributed by atoms with E-state index in [1.165, 1.54) is 107 Å². The molecule has 2 aromatic heterocycles. The minimum Gasteiger partial charge on any atom is -0.135 e. The maximum atomic E-state index is 2.54. The summed E-state index contributed by atoms with van der Waals surface area (Å²) < 4.78 is 5.42. The summed E-state index contributed by atoms with van der Waals surface area (Å²) in [4.78, 5) is 0. The van der Waals surface area contributed by atoms with Crippen LogP contribution in [-0.4, -0.2) is 0 Å². The van der Waals surface area contributed by atoms with Crippen molar-refractivity contribution >= 4 is 63.0 Å². The van der Waals surface area contributed by atoms with Gasteiger partial charge in [-0.25, -0.2) is 0 Å². The molecule has 2 aliphatic carbocycles. The van der Waals surface area contributed by atoms with E-state index in [0.717, 1.165) is 6.42 Å². The van der Waals surface area contributed by atoms with Crippen molar-refractivity contribution in [3.8, 4) is 33.4 Å². The fraction of sp³-hybridized carbons (Fsp3) is 0.0400. The van der Waals surface area contributed by atoms with Crippen LogP contribution in [0.25, 0.3) is 73.7 Å². The van der Waals surface area contributed by atoms with Gasteiger partial charge in [0.15, 0.2) is 0 Å². The molecule has 0 saturated carbocycles. The molecule has 0 amide bonds. The summed E-state index contributed by atoms with van der Waals surface area (Å²) in [6, 6.07) is 64.2. The Morgan fingerprint density at radius 2 is 1.00 bits per heavy atom. The molecule has 1 atom stereocenters. The Labute approximate surface area is 309 Å². The van der Waals surface area contributed by atoms with E-state index in [4.69, 9.17) is 0 Å². The quantitative estimate of drug-likeness (QED) is 0.173. The lowest BCUT2D eigenvalue weighted by Crippen LogP contribution is -2.25. The highest BCUT2D eigenvalue weighted by atomic mass is 32.1. The standard InChI is InChI=1S/C50H30S2/c1-5-18-41-34(12-1)39-29-47-40(36-14-4-7-21-45(36)51-47)28-44(39)50(41)42-19-6-2-15-38(42)48-32(11-9-20-43(48)50)27-30-23-25-31(26-24-30)33-16-10-17-37-35-13-3-8-22-46(35)52-49(33)37/h1-26,28-29H,27H2. The van der Waals surface area contributed by atoms with Crippen LogP contribution in [-0.2, 0) is 11.8 Å². The molecule has 2 heterocycles. The predicted molar refractivity (Wildman–Crippen MR) is 223 cm³/mol. The van der Waals surface area contributed by atoms with Crippen molar-refractivity contribution in [1.29, 1.82) is 0 Å². The molecule has 10 aromatic rings. The molecule has 52 heavy (non-hydrogen) atoms. The van der Waals surface area contributed by atoms with Crippen LogP contribution >= 0.6 is 22.7 Å². The van der Waals surface area contributed by atoms with E-state index in [-0.39, 0.29) is 5.41 Å². The zero-order valence-electron chi connectivity index (χ0n) is 28.2. The Bertz CT molecular complexity index is 3100. The highest BCUT2D eigenvalue weighted by Gasteiger charge is 2.52. The van der Waals surface area contributed by atoms with Crippen LogP contribution in [0.2, 0.25) is 0 Å². The van der Waals surface area contributed by atoms with Crippen molar-refractivity contribution in [3.05, 3.63) is 203 Å². The molecule has 1 spiro atoms. The molecule has 8 aromatic carbocycles. The first-order valence-electron chi connectivity index (χ1n) is 18.0. The van der Waals surface area contributed by atoms with Gasteiger partial charge < -0.3 is 0 Å². The molecule has 0 fully saturated rings. The van der Waals surface area contributed by atoms with E-state index in [2.05, 4.69) is 170 Å². The van der Waals surface area contributed by atoms with Crippen LogP contribution < -0.4 is 0 Å². The average Bonchev–Trinajstić information content (AvgIpc) is 3.92. The van der Waals surface area contributed by atoms with Crippen LogP contribution in [0, 0.1) is 0 Å². The molecular weight excluding hydrogens is 665 g/mol. The molecule has 0 bridgehead atoms. The minimum atomic E-state index is -0.363. The summed E-state index contributed by atoms with van der Waals surface area (Å²) >= 11 is 3.81. The van der Waals surface area contributed by atoms with Crippen molar-refractivity contribution < 1.29 is 0 Å². The van der Waals surface area contributed by atoms with Crippen molar-refractivity contribution in [2.75, 3.05) is 0 Å². The third kappa shape index (κ3) is 3.76.